The fraction of sp³-hybridized carbons (Fsp3) is 0.0476. The Labute approximate surface area is 154 Å². The molecule has 0 aliphatic carbocycles. The molecule has 2 heterocycles. The molecule has 0 radical (unpaired) electrons. The van der Waals surface area contributed by atoms with Gasteiger partial charge in [-0.1, -0.05) is 18.2 Å². The van der Waals surface area contributed by atoms with E-state index in [1.165, 1.54) is 12.1 Å². The molecule has 27 heavy (non-hydrogen) atoms. The summed E-state index contributed by atoms with van der Waals surface area (Å²) >= 11 is 0. The summed E-state index contributed by atoms with van der Waals surface area (Å²) in [5.41, 5.74) is 2.98. The number of aromatic nitrogens is 3. The summed E-state index contributed by atoms with van der Waals surface area (Å²) in [4.78, 5) is 15.2. The molecule has 0 spiro atoms. The number of pyridine rings is 1. The fourth-order valence-corrected chi connectivity index (χ4v) is 2.96. The van der Waals surface area contributed by atoms with E-state index in [0.717, 1.165) is 5.69 Å². The standard InChI is InChI=1S/C21H16FN3O2/c1-27-18-7-3-6-17(12-18)25-20(8-9-24-25)19-11-15(13-23-21(19)26)14-4-2-5-16(22)10-14/h2-13H,1H3,(H,23,26). The summed E-state index contributed by atoms with van der Waals surface area (Å²) in [7, 11) is 1.59. The van der Waals surface area contributed by atoms with Gasteiger partial charge in [0, 0.05) is 12.3 Å². The van der Waals surface area contributed by atoms with Crippen LogP contribution in [0.4, 0.5) is 4.39 Å². The molecule has 0 saturated heterocycles. The van der Waals surface area contributed by atoms with Crippen LogP contribution in [0.1, 0.15) is 0 Å². The Bertz CT molecular complexity index is 1160. The minimum Gasteiger partial charge on any atom is -0.497 e. The highest BCUT2D eigenvalue weighted by Gasteiger charge is 2.13. The van der Waals surface area contributed by atoms with Crippen molar-refractivity contribution in [2.24, 2.45) is 0 Å². The van der Waals surface area contributed by atoms with Crippen molar-refractivity contribution in [3.05, 3.63) is 89.2 Å². The van der Waals surface area contributed by atoms with Crippen molar-refractivity contribution in [2.45, 2.75) is 0 Å². The van der Waals surface area contributed by atoms with E-state index in [9.17, 15) is 9.18 Å². The smallest absolute Gasteiger partial charge is 0.257 e. The summed E-state index contributed by atoms with van der Waals surface area (Å²) in [5, 5.41) is 4.34. The number of ether oxygens (including phenoxy) is 1. The van der Waals surface area contributed by atoms with Crippen LogP contribution in [0.2, 0.25) is 0 Å². The molecule has 0 fully saturated rings. The van der Waals surface area contributed by atoms with Crippen molar-refractivity contribution in [3.63, 3.8) is 0 Å². The zero-order valence-electron chi connectivity index (χ0n) is 14.5. The molecule has 0 aliphatic heterocycles. The van der Waals surface area contributed by atoms with Crippen molar-refractivity contribution < 1.29 is 9.13 Å². The molecule has 0 aliphatic rings. The monoisotopic (exact) mass is 361 g/mol. The predicted octanol–water partition coefficient (Wildman–Crippen LogP) is 4.04. The highest BCUT2D eigenvalue weighted by molar-refractivity contribution is 5.71. The third kappa shape index (κ3) is 3.25. The summed E-state index contributed by atoms with van der Waals surface area (Å²) < 4.78 is 20.5. The minimum atomic E-state index is -0.332. The average Bonchev–Trinajstić information content (AvgIpc) is 3.18. The number of methoxy groups -OCH3 is 1. The molecule has 0 amide bonds. The summed E-state index contributed by atoms with van der Waals surface area (Å²) in [6.07, 6.45) is 3.20. The van der Waals surface area contributed by atoms with E-state index < -0.39 is 0 Å². The van der Waals surface area contributed by atoms with Gasteiger partial charge in [-0.05, 0) is 47.5 Å². The summed E-state index contributed by atoms with van der Waals surface area (Å²) in [6.45, 7) is 0. The number of rotatable bonds is 4. The van der Waals surface area contributed by atoms with Crippen molar-refractivity contribution in [1.29, 1.82) is 0 Å². The van der Waals surface area contributed by atoms with Gasteiger partial charge in [-0.15, -0.1) is 0 Å². The molecule has 1 N–H and O–H groups in total. The number of benzene rings is 2. The second-order valence-corrected chi connectivity index (χ2v) is 5.97. The van der Waals surface area contributed by atoms with E-state index in [4.69, 9.17) is 4.74 Å². The Kier molecular flexibility index (Phi) is 4.30. The maximum absolute atomic E-state index is 13.6. The van der Waals surface area contributed by atoms with Crippen LogP contribution in [0.15, 0.2) is 77.9 Å². The van der Waals surface area contributed by atoms with Crippen LogP contribution in [0.3, 0.4) is 0 Å². The lowest BCUT2D eigenvalue weighted by Gasteiger charge is -2.10. The van der Waals surface area contributed by atoms with Crippen LogP contribution in [0.5, 0.6) is 5.75 Å². The van der Waals surface area contributed by atoms with E-state index >= 15 is 0 Å². The number of hydrogen-bond donors (Lipinski definition) is 1. The van der Waals surface area contributed by atoms with Crippen LogP contribution in [0, 0.1) is 5.82 Å². The topological polar surface area (TPSA) is 59.9 Å². The van der Waals surface area contributed by atoms with E-state index in [1.807, 2.05) is 24.3 Å². The van der Waals surface area contributed by atoms with Gasteiger partial charge < -0.3 is 9.72 Å². The second kappa shape index (κ2) is 6.92. The molecule has 4 aromatic rings. The lowest BCUT2D eigenvalue weighted by Crippen LogP contribution is -2.11. The van der Waals surface area contributed by atoms with Crippen LogP contribution in [0.25, 0.3) is 28.1 Å². The summed E-state index contributed by atoms with van der Waals surface area (Å²) in [5.74, 6) is 0.359. The first kappa shape index (κ1) is 16.8. The Morgan fingerprint density at radius 1 is 1.04 bits per heavy atom. The fourth-order valence-electron chi connectivity index (χ4n) is 2.96. The molecule has 0 atom stereocenters. The van der Waals surface area contributed by atoms with E-state index in [0.29, 0.717) is 28.1 Å². The number of H-pyrrole nitrogens is 1. The van der Waals surface area contributed by atoms with Crippen LogP contribution in [-0.4, -0.2) is 21.9 Å². The maximum Gasteiger partial charge on any atom is 0.257 e. The van der Waals surface area contributed by atoms with E-state index in [1.54, 1.807) is 48.5 Å². The van der Waals surface area contributed by atoms with Crippen molar-refractivity contribution in [1.82, 2.24) is 14.8 Å². The molecule has 0 bridgehead atoms. The number of hydrogen-bond acceptors (Lipinski definition) is 3. The van der Waals surface area contributed by atoms with Gasteiger partial charge in [-0.25, -0.2) is 9.07 Å². The Morgan fingerprint density at radius 2 is 1.89 bits per heavy atom. The minimum absolute atomic E-state index is 0.250. The van der Waals surface area contributed by atoms with E-state index in [-0.39, 0.29) is 11.4 Å². The van der Waals surface area contributed by atoms with Crippen LogP contribution in [-0.2, 0) is 0 Å². The predicted molar refractivity (Wildman–Crippen MR) is 102 cm³/mol. The molecular formula is C21H16FN3O2. The average molecular weight is 361 g/mol. The van der Waals surface area contributed by atoms with Crippen LogP contribution >= 0.6 is 0 Å². The first-order valence-corrected chi connectivity index (χ1v) is 8.33. The molecule has 134 valence electrons. The molecule has 0 saturated carbocycles. The van der Waals surface area contributed by atoms with Crippen molar-refractivity contribution in [3.8, 4) is 33.8 Å². The largest absolute Gasteiger partial charge is 0.497 e. The van der Waals surface area contributed by atoms with Crippen LogP contribution < -0.4 is 10.3 Å². The van der Waals surface area contributed by atoms with Crippen molar-refractivity contribution >= 4 is 0 Å². The highest BCUT2D eigenvalue weighted by atomic mass is 19.1. The van der Waals surface area contributed by atoms with Gasteiger partial charge in [0.25, 0.3) is 5.56 Å². The maximum atomic E-state index is 13.6. The molecule has 2 aromatic carbocycles. The zero-order chi connectivity index (χ0) is 18.8. The lowest BCUT2D eigenvalue weighted by molar-refractivity contribution is 0.414. The molecule has 6 heteroatoms. The number of aromatic amines is 1. The first-order chi connectivity index (χ1) is 13.2. The lowest BCUT2D eigenvalue weighted by atomic mass is 10.0. The quantitative estimate of drug-likeness (QED) is 0.597. The molecule has 0 unspecified atom stereocenters. The van der Waals surface area contributed by atoms with Gasteiger partial charge in [-0.2, -0.15) is 5.10 Å². The van der Waals surface area contributed by atoms with Gasteiger partial charge in [0.05, 0.1) is 30.3 Å². The Morgan fingerprint density at radius 3 is 2.70 bits per heavy atom. The molecule has 2 aromatic heterocycles. The number of nitrogens with one attached hydrogen (secondary N) is 1. The highest BCUT2D eigenvalue weighted by Crippen LogP contribution is 2.26. The molecule has 4 rings (SSSR count). The first-order valence-electron chi connectivity index (χ1n) is 8.33. The van der Waals surface area contributed by atoms with Gasteiger partial charge in [0.2, 0.25) is 0 Å². The van der Waals surface area contributed by atoms with Gasteiger partial charge in [0.1, 0.15) is 11.6 Å². The third-order valence-corrected chi connectivity index (χ3v) is 4.28. The molecule has 5 nitrogen and oxygen atoms in total. The Balaban J connectivity index is 1.84. The number of nitrogens with zero attached hydrogens (tertiary/aromatic N) is 2. The third-order valence-electron chi connectivity index (χ3n) is 4.28. The second-order valence-electron chi connectivity index (χ2n) is 5.97. The molecular weight excluding hydrogens is 345 g/mol. The zero-order valence-corrected chi connectivity index (χ0v) is 14.5. The normalized spacial score (nSPS) is 10.7. The van der Waals surface area contributed by atoms with Gasteiger partial charge >= 0.3 is 0 Å². The SMILES string of the molecule is COc1cccc(-n2nccc2-c2cc(-c3cccc(F)c3)c[nH]c2=O)c1. The number of halogens is 1. The Hall–Kier alpha value is -3.67. The summed E-state index contributed by atoms with van der Waals surface area (Å²) in [6, 6.07) is 17.1. The van der Waals surface area contributed by atoms with Gasteiger partial charge in [-0.3, -0.25) is 4.79 Å². The van der Waals surface area contributed by atoms with E-state index in [2.05, 4.69) is 10.1 Å². The van der Waals surface area contributed by atoms with Gasteiger partial charge in [0.15, 0.2) is 0 Å². The van der Waals surface area contributed by atoms with Crippen molar-refractivity contribution in [2.75, 3.05) is 7.11 Å².